The molecule has 140 valence electrons. The lowest BCUT2D eigenvalue weighted by Gasteiger charge is -2.09. The number of hydrogen-bond acceptors (Lipinski definition) is 3. The van der Waals surface area contributed by atoms with Crippen molar-refractivity contribution in [2.75, 3.05) is 0 Å². The summed E-state index contributed by atoms with van der Waals surface area (Å²) in [4.78, 5) is 0. The van der Waals surface area contributed by atoms with Gasteiger partial charge in [0.25, 0.3) is 0 Å². The van der Waals surface area contributed by atoms with E-state index >= 15 is 0 Å². The van der Waals surface area contributed by atoms with E-state index in [4.69, 9.17) is 4.74 Å². The second kappa shape index (κ2) is 9.46. The predicted molar refractivity (Wildman–Crippen MR) is 107 cm³/mol. The molecule has 0 fully saturated rings. The normalized spacial score (nSPS) is 11.4. The van der Waals surface area contributed by atoms with E-state index in [9.17, 15) is 8.42 Å². The Labute approximate surface area is 160 Å². The lowest BCUT2D eigenvalue weighted by molar-refractivity contribution is 0.107. The zero-order valence-electron chi connectivity index (χ0n) is 15.0. The Morgan fingerprint density at radius 1 is 0.667 bits per heavy atom. The van der Waals surface area contributed by atoms with Gasteiger partial charge in [0.1, 0.15) is 0 Å². The van der Waals surface area contributed by atoms with Gasteiger partial charge in [-0.3, -0.25) is 0 Å². The van der Waals surface area contributed by atoms with Gasteiger partial charge in [0.15, 0.2) is 0 Å². The van der Waals surface area contributed by atoms with Crippen molar-refractivity contribution >= 4 is 10.0 Å². The van der Waals surface area contributed by atoms with E-state index in [2.05, 4.69) is 4.72 Å². The summed E-state index contributed by atoms with van der Waals surface area (Å²) >= 11 is 0. The van der Waals surface area contributed by atoms with Gasteiger partial charge in [-0.2, -0.15) is 0 Å². The fraction of sp³-hybridized carbons (Fsp3) is 0.182. The molecule has 0 spiro atoms. The largest absolute Gasteiger partial charge is 0.372 e. The highest BCUT2D eigenvalue weighted by Gasteiger charge is 2.11. The van der Waals surface area contributed by atoms with Gasteiger partial charge in [-0.1, -0.05) is 84.9 Å². The standard InChI is InChI=1S/C22H23NO3S/c24-27(25,18-20-10-5-2-6-11-20)23-15-21-12-7-13-22(14-21)17-26-16-19-8-3-1-4-9-19/h1-14,23H,15-18H2. The van der Waals surface area contributed by atoms with Crippen LogP contribution in [-0.4, -0.2) is 8.42 Å². The molecule has 0 unspecified atom stereocenters. The molecule has 3 rings (SSSR count). The van der Waals surface area contributed by atoms with Gasteiger partial charge in [0.2, 0.25) is 10.0 Å². The Kier molecular flexibility index (Phi) is 6.76. The smallest absolute Gasteiger partial charge is 0.216 e. The van der Waals surface area contributed by atoms with Gasteiger partial charge in [0.05, 0.1) is 19.0 Å². The van der Waals surface area contributed by atoms with E-state index in [0.717, 1.165) is 22.3 Å². The molecule has 27 heavy (non-hydrogen) atoms. The average Bonchev–Trinajstić information content (AvgIpc) is 2.68. The van der Waals surface area contributed by atoms with Crippen molar-refractivity contribution in [1.82, 2.24) is 4.72 Å². The molecular formula is C22H23NO3S. The minimum Gasteiger partial charge on any atom is -0.372 e. The first kappa shape index (κ1) is 19.3. The maximum Gasteiger partial charge on any atom is 0.216 e. The Bertz CT molecular complexity index is 942. The molecule has 1 N–H and O–H groups in total. The molecule has 0 heterocycles. The number of sulfonamides is 1. The van der Waals surface area contributed by atoms with Crippen molar-refractivity contribution in [3.63, 3.8) is 0 Å². The van der Waals surface area contributed by atoms with Crippen molar-refractivity contribution in [3.05, 3.63) is 107 Å². The molecular weight excluding hydrogens is 358 g/mol. The van der Waals surface area contributed by atoms with Crippen LogP contribution in [0.1, 0.15) is 22.3 Å². The third-order valence-electron chi connectivity index (χ3n) is 4.07. The van der Waals surface area contributed by atoms with Crippen LogP contribution in [0.4, 0.5) is 0 Å². The van der Waals surface area contributed by atoms with Crippen LogP contribution in [0.25, 0.3) is 0 Å². The first-order valence-corrected chi connectivity index (χ1v) is 10.5. The molecule has 5 heteroatoms. The van der Waals surface area contributed by atoms with Crippen LogP contribution in [0.3, 0.4) is 0 Å². The van der Waals surface area contributed by atoms with Crippen molar-refractivity contribution in [3.8, 4) is 0 Å². The number of rotatable bonds is 9. The van der Waals surface area contributed by atoms with Crippen LogP contribution in [0.2, 0.25) is 0 Å². The quantitative estimate of drug-likeness (QED) is 0.609. The Morgan fingerprint density at radius 3 is 1.93 bits per heavy atom. The van der Waals surface area contributed by atoms with Crippen molar-refractivity contribution in [1.29, 1.82) is 0 Å². The van der Waals surface area contributed by atoms with Crippen molar-refractivity contribution in [2.45, 2.75) is 25.5 Å². The topological polar surface area (TPSA) is 55.4 Å². The molecule has 0 aromatic heterocycles. The van der Waals surface area contributed by atoms with Gasteiger partial charge >= 0.3 is 0 Å². The summed E-state index contributed by atoms with van der Waals surface area (Å²) in [5.74, 6) is -0.0201. The van der Waals surface area contributed by atoms with Crippen molar-refractivity contribution in [2.24, 2.45) is 0 Å². The fourth-order valence-electron chi connectivity index (χ4n) is 2.73. The van der Waals surface area contributed by atoms with Gasteiger partial charge in [-0.05, 0) is 22.3 Å². The van der Waals surface area contributed by atoms with Crippen LogP contribution in [0.15, 0.2) is 84.9 Å². The molecule has 0 saturated heterocycles. The Balaban J connectivity index is 1.51. The van der Waals surface area contributed by atoms with Gasteiger partial charge < -0.3 is 4.74 Å². The number of ether oxygens (including phenoxy) is 1. The number of benzene rings is 3. The Hall–Kier alpha value is -2.47. The summed E-state index contributed by atoms with van der Waals surface area (Å²) in [5, 5.41) is 0. The highest BCUT2D eigenvalue weighted by molar-refractivity contribution is 7.88. The van der Waals surface area contributed by atoms with E-state index in [-0.39, 0.29) is 12.3 Å². The molecule has 0 saturated carbocycles. The zero-order valence-corrected chi connectivity index (χ0v) is 15.9. The molecule has 0 amide bonds. The van der Waals surface area contributed by atoms with Gasteiger partial charge in [0, 0.05) is 6.54 Å². The molecule has 3 aromatic rings. The monoisotopic (exact) mass is 381 g/mol. The second-order valence-corrected chi connectivity index (χ2v) is 8.17. The lowest BCUT2D eigenvalue weighted by Crippen LogP contribution is -2.24. The minimum absolute atomic E-state index is 0.0201. The molecule has 0 radical (unpaired) electrons. The van der Waals surface area contributed by atoms with Crippen LogP contribution in [0, 0.1) is 0 Å². The number of hydrogen-bond donors (Lipinski definition) is 1. The molecule has 0 aliphatic heterocycles. The number of nitrogens with one attached hydrogen (secondary N) is 1. The first-order valence-electron chi connectivity index (χ1n) is 8.81. The minimum atomic E-state index is -3.38. The van der Waals surface area contributed by atoms with E-state index in [1.807, 2.05) is 84.9 Å². The summed E-state index contributed by atoms with van der Waals surface area (Å²) in [6, 6.07) is 26.9. The third kappa shape index (κ3) is 6.64. The molecule has 0 aliphatic rings. The molecule has 4 nitrogen and oxygen atoms in total. The maximum atomic E-state index is 12.3. The highest BCUT2D eigenvalue weighted by Crippen LogP contribution is 2.10. The average molecular weight is 381 g/mol. The molecule has 3 aromatic carbocycles. The summed E-state index contributed by atoms with van der Waals surface area (Å²) in [6.07, 6.45) is 0. The van der Waals surface area contributed by atoms with E-state index in [0.29, 0.717) is 13.2 Å². The SMILES string of the molecule is O=S(=O)(Cc1ccccc1)NCc1cccc(COCc2ccccc2)c1. The highest BCUT2D eigenvalue weighted by atomic mass is 32.2. The molecule has 0 atom stereocenters. The summed E-state index contributed by atoms with van der Waals surface area (Å²) in [5.41, 5.74) is 3.83. The van der Waals surface area contributed by atoms with Crippen LogP contribution in [0.5, 0.6) is 0 Å². The van der Waals surface area contributed by atoms with Crippen LogP contribution < -0.4 is 4.72 Å². The van der Waals surface area contributed by atoms with E-state index < -0.39 is 10.0 Å². The predicted octanol–water partition coefficient (Wildman–Crippen LogP) is 4.02. The van der Waals surface area contributed by atoms with E-state index in [1.165, 1.54) is 0 Å². The summed E-state index contributed by atoms with van der Waals surface area (Å²) in [6.45, 7) is 1.30. The fourth-order valence-corrected chi connectivity index (χ4v) is 3.85. The van der Waals surface area contributed by atoms with Crippen LogP contribution >= 0.6 is 0 Å². The first-order chi connectivity index (χ1) is 13.1. The zero-order chi connectivity index (χ0) is 19.0. The second-order valence-electron chi connectivity index (χ2n) is 6.36. The summed E-state index contributed by atoms with van der Waals surface area (Å²) < 4.78 is 32.9. The third-order valence-corrected chi connectivity index (χ3v) is 5.36. The molecule has 0 aliphatic carbocycles. The van der Waals surface area contributed by atoms with Gasteiger partial charge in [-0.25, -0.2) is 13.1 Å². The van der Waals surface area contributed by atoms with Crippen molar-refractivity contribution < 1.29 is 13.2 Å². The Morgan fingerprint density at radius 2 is 1.22 bits per heavy atom. The maximum absolute atomic E-state index is 12.3. The molecule has 0 bridgehead atoms. The van der Waals surface area contributed by atoms with E-state index in [1.54, 1.807) is 0 Å². The van der Waals surface area contributed by atoms with Gasteiger partial charge in [-0.15, -0.1) is 0 Å². The van der Waals surface area contributed by atoms with Crippen LogP contribution in [-0.2, 0) is 40.3 Å². The summed E-state index contributed by atoms with van der Waals surface area (Å²) in [7, 11) is -3.38. The lowest BCUT2D eigenvalue weighted by atomic mass is 10.1.